The van der Waals surface area contributed by atoms with Gasteiger partial charge in [-0.3, -0.25) is 43.8 Å². The summed E-state index contributed by atoms with van der Waals surface area (Å²) in [6.07, 6.45) is 4.62. The molecule has 0 bridgehead atoms. The Morgan fingerprint density at radius 2 is 0.697 bits per heavy atom. The number of aliphatic hydroxyl groups excluding tert-OH is 3. The molecule has 10 heterocycles. The number of rotatable bonds is 25. The molecule has 0 saturated carbocycles. The number of aromatic nitrogens is 6. The smallest absolute Gasteiger partial charge is 0.428 e. The zero-order valence-electron chi connectivity index (χ0n) is 82.7. The van der Waals surface area contributed by atoms with Crippen molar-refractivity contribution < 1.29 is 75.8 Å². The molecule has 145 heavy (non-hydrogen) atoms. The zero-order chi connectivity index (χ0) is 102. The molecule has 10 N–H and O–H groups in total. The maximum atomic E-state index is 14.4. The number of nitrogens with two attached hydrogens (primary N) is 2. The summed E-state index contributed by atoms with van der Waals surface area (Å²) in [4.78, 5) is 92.5. The molecular weight excluding hydrogens is 1920 g/mol. The second-order valence-corrected chi connectivity index (χ2v) is 38.6. The molecule has 0 spiro atoms. The highest BCUT2D eigenvalue weighted by molar-refractivity contribution is 6.67. The fraction of sp³-hybridized carbons (Fsp3) is 0.514. The summed E-state index contributed by atoms with van der Waals surface area (Å²) in [6, 6.07) is 54.9. The van der Waals surface area contributed by atoms with Crippen molar-refractivity contribution in [2.45, 2.75) is 250 Å². The first-order chi connectivity index (χ1) is 67.4. The van der Waals surface area contributed by atoms with E-state index in [1.54, 1.807) is 61.5 Å². The van der Waals surface area contributed by atoms with Crippen molar-refractivity contribution in [3.63, 3.8) is 0 Å². The Kier molecular flexibility index (Phi) is 58.7. The lowest BCUT2D eigenvalue weighted by atomic mass is 9.99. The Balaban J connectivity index is 0.000000348. The van der Waals surface area contributed by atoms with Crippen LogP contribution in [0.3, 0.4) is 0 Å². The second-order valence-electron chi connectivity index (χ2n) is 37.4. The van der Waals surface area contributed by atoms with Crippen LogP contribution in [0.1, 0.15) is 210 Å². The molecule has 29 nitrogen and oxygen atoms in total. The topological polar surface area (TPSA) is 368 Å². The highest BCUT2D eigenvalue weighted by atomic mass is 35.5. The summed E-state index contributed by atoms with van der Waals surface area (Å²) in [7, 11) is 0. The fourth-order valence-electron chi connectivity index (χ4n) is 15.7. The van der Waals surface area contributed by atoms with Crippen molar-refractivity contribution in [1.29, 1.82) is 0 Å². The Bertz CT molecular complexity index is 5000. The van der Waals surface area contributed by atoms with Gasteiger partial charge in [-0.25, -0.2) is 57.1 Å². The lowest BCUT2D eigenvalue weighted by Crippen LogP contribution is -2.41. The van der Waals surface area contributed by atoms with E-state index in [-0.39, 0.29) is 95.0 Å². The van der Waals surface area contributed by atoms with E-state index in [0.29, 0.717) is 64.7 Å². The third-order valence-electron chi connectivity index (χ3n) is 23.0. The molecular formula is C109H158Cl3F4N17O12. The minimum atomic E-state index is -1.14. The third kappa shape index (κ3) is 49.0. The Morgan fingerprint density at radius 1 is 0.414 bits per heavy atom. The molecule has 6 aromatic carbocycles. The molecule has 2 amide bonds. The van der Waals surface area contributed by atoms with Crippen molar-refractivity contribution in [2.75, 3.05) is 123 Å². The summed E-state index contributed by atoms with van der Waals surface area (Å²) in [5.41, 5.74) is 26.2. The van der Waals surface area contributed by atoms with Gasteiger partial charge in [0.15, 0.2) is 0 Å². The van der Waals surface area contributed by atoms with Crippen LogP contribution in [0.5, 0.6) is 0 Å². The van der Waals surface area contributed by atoms with E-state index < -0.39 is 71.4 Å². The number of aliphatic hydroxyl groups is 3. The largest absolute Gasteiger partial charge is 0.519 e. The summed E-state index contributed by atoms with van der Waals surface area (Å²) in [6.45, 7) is 33.0. The summed E-state index contributed by atoms with van der Waals surface area (Å²) >= 11 is 16.2. The van der Waals surface area contributed by atoms with Crippen LogP contribution in [0, 0.1) is 0 Å². The van der Waals surface area contributed by atoms with Crippen LogP contribution >= 0.6 is 34.8 Å². The average Bonchev–Trinajstić information content (AvgIpc) is 0.868. The average molecular weight is 2080 g/mol. The number of amides is 2. The predicted molar refractivity (Wildman–Crippen MR) is 570 cm³/mol. The van der Waals surface area contributed by atoms with Gasteiger partial charge in [0.25, 0.3) is 17.1 Å². The minimum absolute atomic E-state index is 0. The van der Waals surface area contributed by atoms with Gasteiger partial charge in [0.1, 0.15) is 88.1 Å². The van der Waals surface area contributed by atoms with Crippen LogP contribution < -0.4 is 27.4 Å². The SMILES string of the molecule is C.C.C.C.CC(C)(C)OC(=O)OC(=O)OC(C)(C)C.CC(C)O.CCC(F)CN1CCc2ccccc2C1.CCC(O)CN1CCc2ccccc2C1.NCC(F)CN1CCc2ccccc2C1.NCC(O)CN1CCc2ccccc2C1.O=C(Cl)c1cc(Cl)ncn1.O=C(NCC(F)CN1CCc2ccccc2C1)c1cc(Cl)ncn1.O=C(NCC(F)CN1CCc2ccccc2C1)c1cc(NC2COC2)ncn1. The van der Waals surface area contributed by atoms with E-state index in [4.69, 9.17) is 65.6 Å². The van der Waals surface area contributed by atoms with E-state index in [0.717, 1.165) is 130 Å². The van der Waals surface area contributed by atoms with E-state index in [9.17, 15) is 51.7 Å². The maximum absolute atomic E-state index is 14.4. The molecule has 36 heteroatoms. The zero-order valence-corrected chi connectivity index (χ0v) is 85.0. The molecule has 1 fully saturated rings. The lowest BCUT2D eigenvalue weighted by Gasteiger charge is -2.30. The molecule has 6 atom stereocenters. The number of carbonyl (C=O) groups excluding carboxylic acids is 5. The number of alkyl halides is 4. The van der Waals surface area contributed by atoms with Gasteiger partial charge in [-0.05, 0) is 185 Å². The number of carbonyl (C=O) groups is 5. The number of fused-ring (bicyclic) bond motifs is 6. The van der Waals surface area contributed by atoms with Crippen molar-refractivity contribution >= 4 is 70.0 Å². The van der Waals surface area contributed by atoms with Crippen LogP contribution in [-0.2, 0) is 96.7 Å². The molecule has 7 aliphatic rings. The van der Waals surface area contributed by atoms with Crippen molar-refractivity contribution in [3.8, 4) is 0 Å². The number of nitrogens with one attached hydrogen (secondary N) is 3. The number of hydrogen-bond acceptors (Lipinski definition) is 27. The molecule has 0 aliphatic carbocycles. The minimum Gasteiger partial charge on any atom is -0.428 e. The molecule has 9 aromatic rings. The summed E-state index contributed by atoms with van der Waals surface area (Å²) in [5, 5.41) is 35.3. The Morgan fingerprint density at radius 3 is 0.972 bits per heavy atom. The molecule has 1 saturated heterocycles. The number of β-amino-alcohol motifs (C(OH)–C–C–N with tert-alkyl or cyclic N) is 2. The van der Waals surface area contributed by atoms with Gasteiger partial charge in [0, 0.05) is 155 Å². The van der Waals surface area contributed by atoms with Gasteiger partial charge in [0.05, 0.1) is 44.6 Å². The summed E-state index contributed by atoms with van der Waals surface area (Å²) < 4.78 is 73.9. The Labute approximate surface area is 872 Å². The van der Waals surface area contributed by atoms with Crippen molar-refractivity contribution in [3.05, 3.63) is 277 Å². The van der Waals surface area contributed by atoms with Gasteiger partial charge in [-0.1, -0.05) is 212 Å². The van der Waals surface area contributed by atoms with E-state index >= 15 is 0 Å². The van der Waals surface area contributed by atoms with Gasteiger partial charge in [-0.15, -0.1) is 0 Å². The van der Waals surface area contributed by atoms with Crippen molar-refractivity contribution in [2.24, 2.45) is 11.5 Å². The van der Waals surface area contributed by atoms with E-state index in [1.807, 2.05) is 44.2 Å². The molecule has 3 aromatic heterocycles. The predicted octanol–water partition coefficient (Wildman–Crippen LogP) is 17.3. The highest BCUT2D eigenvalue weighted by Crippen LogP contribution is 2.27. The number of halogens is 7. The number of benzene rings is 6. The molecule has 16 rings (SSSR count). The standard InChI is InChI=1S/C20H24FN5O2.C17H18ClFN4O.C13H18FN.C13H19NO.C12H17FN2.C12H18N2O.C10H18O5.C5H2Cl2N2O.C3H8O.4CH4/c21-16(10-26-6-5-14-3-1-2-4-15(14)9-26)8-22-20(27)18-7-19(24-13-23-18)25-17-11-28-12-17;18-16-7-15(21-11-22-16)17(24)20-8-14(19)10-23-6-5-12-3-1-2-4-13(12)9-23;1-2-13(14)10-15-8-7-11-5-3-4-6-12(11)9-15;1-2-13(15)10-14-8-7-11-5-3-4-6-12(11)9-14;13-12(7-14)9-15-6-5-10-3-1-2-4-11(10)8-15;13-7-12(15)9-14-6-5-10-3-1-2-4-11(10)8-14;1-9(2,3)14-7(11)13-8(12)15-10(4,5)6;6-4-1-3(5(7)10)8-2-9-4;1-3(2)4;;;;/h1-4,7,13,16-17H,5-6,8-12H2,(H,22,27)(H,23,24,25);1-4,7,11,14H,5-6,8-10H2,(H,20,24);3-6,13H,2,7-10H2,1H3;3-6,13,15H,2,7-10H2,1H3;1-4,12H,5-9,14H2;1-4,12,15H,5-9,13H2;1-6H3;1-2H;3-4H,1-2H3;4*1H4. The number of nitrogens with zero attached hydrogens (tertiary/aromatic N) is 12. The number of anilines is 1. The molecule has 800 valence electrons. The number of ether oxygens (including phenoxy) is 4. The first-order valence-electron chi connectivity index (χ1n) is 48.2. The van der Waals surface area contributed by atoms with Crippen LogP contribution in [-0.4, -0.2) is 282 Å². The molecule has 6 unspecified atom stereocenters. The second kappa shape index (κ2) is 66.9. The van der Waals surface area contributed by atoms with Gasteiger partial charge >= 0.3 is 12.3 Å². The summed E-state index contributed by atoms with van der Waals surface area (Å²) in [5.74, 6) is -0.287. The molecule has 7 aliphatic heterocycles. The van der Waals surface area contributed by atoms with Gasteiger partial charge in [0.2, 0.25) is 0 Å². The Hall–Kier alpha value is -10.2. The highest BCUT2D eigenvalue weighted by Gasteiger charge is 2.29. The van der Waals surface area contributed by atoms with Gasteiger partial charge < -0.3 is 61.7 Å². The van der Waals surface area contributed by atoms with Crippen LogP contribution in [0.2, 0.25) is 10.3 Å². The monoisotopic (exact) mass is 2080 g/mol. The lowest BCUT2D eigenvalue weighted by molar-refractivity contribution is -0.0294. The number of hydrogen-bond donors (Lipinski definition) is 8. The normalized spacial score (nSPS) is 15.9. The third-order valence-corrected chi connectivity index (χ3v) is 23.6. The van der Waals surface area contributed by atoms with Crippen LogP contribution in [0.15, 0.2) is 183 Å². The fourth-order valence-corrected chi connectivity index (χ4v) is 16.1. The van der Waals surface area contributed by atoms with Gasteiger partial charge in [-0.2, -0.15) is 0 Å². The van der Waals surface area contributed by atoms with E-state index in [1.165, 1.54) is 97.9 Å². The van der Waals surface area contributed by atoms with Crippen molar-refractivity contribution in [1.82, 2.24) is 69.9 Å². The molecule has 0 radical (unpaired) electrons. The first kappa shape index (κ1) is 127. The maximum Gasteiger partial charge on any atom is 0.519 e. The first-order valence-corrected chi connectivity index (χ1v) is 49.3. The van der Waals surface area contributed by atoms with E-state index in [2.05, 4.69) is 195 Å². The van der Waals surface area contributed by atoms with Crippen LogP contribution in [0.4, 0.5) is 33.0 Å². The van der Waals surface area contributed by atoms with Crippen LogP contribution in [0.25, 0.3) is 0 Å². The quantitative estimate of drug-likeness (QED) is 0.00866.